The van der Waals surface area contributed by atoms with E-state index in [1.54, 1.807) is 47.5 Å². The van der Waals surface area contributed by atoms with E-state index in [1.807, 2.05) is 64.2 Å². The van der Waals surface area contributed by atoms with Gasteiger partial charge >= 0.3 is 6.09 Å². The minimum absolute atomic E-state index is 0.124. The van der Waals surface area contributed by atoms with E-state index in [2.05, 4.69) is 25.3 Å². The quantitative estimate of drug-likeness (QED) is 0.164. The normalized spacial score (nSPS) is 13.1. The van der Waals surface area contributed by atoms with Crippen molar-refractivity contribution in [2.75, 3.05) is 18.4 Å². The number of carbonyl (C=O) groups is 1. The number of carbonyl (C=O) groups excluding carboxylic acids is 1. The summed E-state index contributed by atoms with van der Waals surface area (Å²) in [5, 5.41) is 3.80. The third-order valence-electron chi connectivity index (χ3n) is 8.65. The summed E-state index contributed by atoms with van der Waals surface area (Å²) in [7, 11) is -4.07. The van der Waals surface area contributed by atoms with Crippen molar-refractivity contribution in [2.24, 2.45) is 0 Å². The summed E-state index contributed by atoms with van der Waals surface area (Å²) in [5.41, 5.74) is 4.66. The summed E-state index contributed by atoms with van der Waals surface area (Å²) in [6.45, 7) is 8.98. The Labute approximate surface area is 302 Å². The molecule has 0 atom stereocenters. The van der Waals surface area contributed by atoms with Crippen molar-refractivity contribution in [1.82, 2.24) is 28.8 Å². The fourth-order valence-corrected chi connectivity index (χ4v) is 7.39. The van der Waals surface area contributed by atoms with Crippen molar-refractivity contribution >= 4 is 33.0 Å². The van der Waals surface area contributed by atoms with Crippen LogP contribution in [0.25, 0.3) is 22.3 Å². The molecule has 0 aliphatic carbocycles. The highest BCUT2D eigenvalue weighted by atomic mass is 32.2. The lowest BCUT2D eigenvalue weighted by Crippen LogP contribution is -2.39. The first-order chi connectivity index (χ1) is 24.9. The summed E-state index contributed by atoms with van der Waals surface area (Å²) < 4.78 is 41.6. The Morgan fingerprint density at radius 2 is 1.79 bits per heavy atom. The second-order valence-corrected chi connectivity index (χ2v) is 15.5. The molecular weight excluding hydrogens is 679 g/mol. The monoisotopic (exact) mass is 717 g/mol. The standard InChI is InChI=1S/C39H39N7O5S/c1-26-7-11-31(12-8-26)52(48,49)46-24-32(33-21-35(44-25-43-33)41-17-13-27-6-5-16-40-22-27)36-34(14-18-42-37(36)46)50-30-10-9-28-15-19-45(23-29(28)20-30)38(47)51-39(2,3)4/h5-12,14,16,18,20-22,24-25H,13,15,17,19,23H2,1-4H3,(H,41,43,44). The highest BCUT2D eigenvalue weighted by Crippen LogP contribution is 2.40. The van der Waals surface area contributed by atoms with Crippen LogP contribution in [-0.4, -0.2) is 62.0 Å². The second-order valence-electron chi connectivity index (χ2n) is 13.7. The molecule has 5 heterocycles. The van der Waals surface area contributed by atoms with E-state index in [4.69, 9.17) is 9.47 Å². The number of ether oxygens (including phenoxy) is 2. The Morgan fingerprint density at radius 1 is 0.962 bits per heavy atom. The SMILES string of the molecule is Cc1ccc(S(=O)(=O)n2cc(-c3cc(NCCc4cccnc4)ncn3)c3c(Oc4ccc5c(c4)CN(C(=O)OC(C)(C)C)CC5)ccnc32)cc1. The number of fused-ring (bicyclic) bond motifs is 2. The van der Waals surface area contributed by atoms with Gasteiger partial charge in [-0.15, -0.1) is 0 Å². The minimum atomic E-state index is -4.07. The molecule has 2 aromatic carbocycles. The van der Waals surface area contributed by atoms with E-state index in [1.165, 1.54) is 22.7 Å². The van der Waals surface area contributed by atoms with Crippen LogP contribution < -0.4 is 10.1 Å². The number of hydrogen-bond donors (Lipinski definition) is 1. The third kappa shape index (κ3) is 7.45. The molecule has 0 spiro atoms. The molecule has 1 amide bonds. The number of pyridine rings is 2. The molecule has 6 aromatic rings. The smallest absolute Gasteiger partial charge is 0.410 e. The van der Waals surface area contributed by atoms with Crippen LogP contribution in [0.5, 0.6) is 11.5 Å². The molecule has 0 fully saturated rings. The van der Waals surface area contributed by atoms with Crippen LogP contribution in [0.2, 0.25) is 0 Å². The summed E-state index contributed by atoms with van der Waals surface area (Å²) >= 11 is 0. The van der Waals surface area contributed by atoms with Crippen LogP contribution >= 0.6 is 0 Å². The number of aryl methyl sites for hydroxylation is 1. The summed E-state index contributed by atoms with van der Waals surface area (Å²) in [5.74, 6) is 1.49. The number of amides is 1. The van der Waals surface area contributed by atoms with Crippen LogP contribution in [0.1, 0.15) is 43.0 Å². The lowest BCUT2D eigenvalue weighted by molar-refractivity contribution is 0.0223. The number of nitrogens with one attached hydrogen (secondary N) is 1. The van der Waals surface area contributed by atoms with Crippen molar-refractivity contribution in [2.45, 2.75) is 57.6 Å². The molecule has 1 aliphatic heterocycles. The number of rotatable bonds is 9. The zero-order chi connectivity index (χ0) is 36.5. The first kappa shape index (κ1) is 34.6. The predicted molar refractivity (Wildman–Crippen MR) is 198 cm³/mol. The summed E-state index contributed by atoms with van der Waals surface area (Å²) in [6, 6.07) is 19.9. The number of benzene rings is 2. The van der Waals surface area contributed by atoms with Gasteiger partial charge in [0.25, 0.3) is 10.0 Å². The van der Waals surface area contributed by atoms with Crippen LogP contribution in [-0.2, 0) is 34.1 Å². The Hall–Kier alpha value is -5.82. The Morgan fingerprint density at radius 3 is 2.56 bits per heavy atom. The Balaban J connectivity index is 1.26. The molecule has 1 N–H and O–H groups in total. The van der Waals surface area contributed by atoms with E-state index >= 15 is 0 Å². The average molecular weight is 718 g/mol. The van der Waals surface area contributed by atoms with Gasteiger partial charge in [-0.1, -0.05) is 29.8 Å². The topological polar surface area (TPSA) is 141 Å². The average Bonchev–Trinajstić information content (AvgIpc) is 3.53. The van der Waals surface area contributed by atoms with Crippen molar-refractivity contribution in [3.05, 3.63) is 120 Å². The molecule has 0 saturated heterocycles. The van der Waals surface area contributed by atoms with Gasteiger partial charge in [-0.3, -0.25) is 4.98 Å². The van der Waals surface area contributed by atoms with Crippen LogP contribution in [0, 0.1) is 6.92 Å². The molecular formula is C39H39N7O5S. The van der Waals surface area contributed by atoms with Gasteiger partial charge in [0.1, 0.15) is 29.2 Å². The molecule has 0 saturated carbocycles. The van der Waals surface area contributed by atoms with E-state index in [-0.39, 0.29) is 16.6 Å². The first-order valence-electron chi connectivity index (χ1n) is 17.0. The molecule has 0 radical (unpaired) electrons. The van der Waals surface area contributed by atoms with Gasteiger partial charge in [0.2, 0.25) is 0 Å². The molecule has 1 aliphatic rings. The van der Waals surface area contributed by atoms with Gasteiger partial charge in [-0.2, -0.15) is 0 Å². The molecule has 0 bridgehead atoms. The molecule has 13 heteroatoms. The number of nitrogens with zero attached hydrogens (tertiary/aromatic N) is 6. The molecule has 12 nitrogen and oxygen atoms in total. The van der Waals surface area contributed by atoms with Crippen molar-refractivity contribution < 1.29 is 22.7 Å². The van der Waals surface area contributed by atoms with E-state index in [0.29, 0.717) is 60.0 Å². The first-order valence-corrected chi connectivity index (χ1v) is 18.4. The summed E-state index contributed by atoms with van der Waals surface area (Å²) in [4.78, 5) is 32.4. The predicted octanol–water partition coefficient (Wildman–Crippen LogP) is 7.17. The molecule has 266 valence electrons. The van der Waals surface area contributed by atoms with Gasteiger partial charge in [0.15, 0.2) is 5.65 Å². The van der Waals surface area contributed by atoms with Gasteiger partial charge in [0, 0.05) is 56.1 Å². The molecule has 0 unspecified atom stereocenters. The fraction of sp³-hybridized carbons (Fsp3) is 0.256. The van der Waals surface area contributed by atoms with Crippen molar-refractivity contribution in [1.29, 1.82) is 0 Å². The maximum absolute atomic E-state index is 14.1. The Bertz CT molecular complexity index is 2360. The lowest BCUT2D eigenvalue weighted by Gasteiger charge is -2.31. The van der Waals surface area contributed by atoms with Gasteiger partial charge in [-0.05, 0) is 93.6 Å². The minimum Gasteiger partial charge on any atom is -0.457 e. The highest BCUT2D eigenvalue weighted by molar-refractivity contribution is 7.90. The third-order valence-corrected chi connectivity index (χ3v) is 10.3. The molecule has 7 rings (SSSR count). The van der Waals surface area contributed by atoms with E-state index < -0.39 is 15.6 Å². The highest BCUT2D eigenvalue weighted by Gasteiger charge is 2.28. The van der Waals surface area contributed by atoms with E-state index in [0.717, 1.165) is 28.7 Å². The van der Waals surface area contributed by atoms with Crippen LogP contribution in [0.15, 0.2) is 103 Å². The van der Waals surface area contributed by atoms with Crippen LogP contribution in [0.4, 0.5) is 10.6 Å². The second kappa shape index (κ2) is 14.1. The number of aromatic nitrogens is 5. The zero-order valence-electron chi connectivity index (χ0n) is 29.4. The maximum Gasteiger partial charge on any atom is 0.410 e. The number of hydrogen-bond acceptors (Lipinski definition) is 10. The van der Waals surface area contributed by atoms with Crippen LogP contribution in [0.3, 0.4) is 0 Å². The molecule has 4 aromatic heterocycles. The Kier molecular flexibility index (Phi) is 9.36. The van der Waals surface area contributed by atoms with Crippen molar-refractivity contribution in [3.8, 4) is 22.8 Å². The van der Waals surface area contributed by atoms with Gasteiger partial charge < -0.3 is 19.7 Å². The summed E-state index contributed by atoms with van der Waals surface area (Å²) in [6.07, 6.45) is 9.12. The lowest BCUT2D eigenvalue weighted by atomic mass is 10.00. The van der Waals surface area contributed by atoms with Gasteiger partial charge in [0.05, 0.1) is 16.0 Å². The van der Waals surface area contributed by atoms with Gasteiger partial charge in [-0.25, -0.2) is 32.1 Å². The van der Waals surface area contributed by atoms with E-state index in [9.17, 15) is 13.2 Å². The molecule has 52 heavy (non-hydrogen) atoms. The largest absolute Gasteiger partial charge is 0.457 e. The fourth-order valence-electron chi connectivity index (χ4n) is 6.07. The maximum atomic E-state index is 14.1. The zero-order valence-corrected chi connectivity index (χ0v) is 30.2. The van der Waals surface area contributed by atoms with Crippen molar-refractivity contribution in [3.63, 3.8) is 0 Å². The number of anilines is 1.